The van der Waals surface area contributed by atoms with Gasteiger partial charge in [-0.15, -0.1) is 0 Å². The maximum atomic E-state index is 13.6. The summed E-state index contributed by atoms with van der Waals surface area (Å²) < 4.78 is 13.6. The highest BCUT2D eigenvalue weighted by molar-refractivity contribution is 5.99. The molecule has 0 aliphatic carbocycles. The van der Waals surface area contributed by atoms with Crippen LogP contribution in [0.3, 0.4) is 0 Å². The van der Waals surface area contributed by atoms with Gasteiger partial charge in [-0.3, -0.25) is 9.59 Å². The second-order valence-corrected chi connectivity index (χ2v) is 5.96. The van der Waals surface area contributed by atoms with Gasteiger partial charge in [0, 0.05) is 23.7 Å². The molecule has 25 heavy (non-hydrogen) atoms. The number of rotatable bonds is 7. The van der Waals surface area contributed by atoms with Gasteiger partial charge in [0.25, 0.3) is 11.8 Å². The lowest BCUT2D eigenvalue weighted by molar-refractivity contribution is 0.0939. The van der Waals surface area contributed by atoms with Crippen LogP contribution in [0, 0.1) is 5.82 Å². The molecule has 0 spiro atoms. The van der Waals surface area contributed by atoms with E-state index < -0.39 is 0 Å². The van der Waals surface area contributed by atoms with Crippen LogP contribution in [0.15, 0.2) is 48.5 Å². The quantitative estimate of drug-likeness (QED) is 0.811. The van der Waals surface area contributed by atoms with E-state index in [1.807, 2.05) is 13.8 Å². The molecule has 0 fully saturated rings. The van der Waals surface area contributed by atoms with Crippen LogP contribution >= 0.6 is 0 Å². The van der Waals surface area contributed by atoms with Crippen LogP contribution in [0.5, 0.6) is 0 Å². The molecule has 0 heterocycles. The van der Waals surface area contributed by atoms with Crippen molar-refractivity contribution in [1.29, 1.82) is 0 Å². The Morgan fingerprint density at radius 3 is 2.40 bits per heavy atom. The number of hydrogen-bond donors (Lipinski definition) is 2. The predicted octanol–water partition coefficient (Wildman–Crippen LogP) is 3.33. The SMILES string of the molecule is CCC(C)NC(=O)c1cccc(C(=O)NCCc2ccccc2F)c1. The summed E-state index contributed by atoms with van der Waals surface area (Å²) in [5.41, 5.74) is 1.41. The fourth-order valence-electron chi connectivity index (χ4n) is 2.32. The average molecular weight is 342 g/mol. The number of carbonyl (C=O) groups is 2. The maximum absolute atomic E-state index is 13.6. The third-order valence-corrected chi connectivity index (χ3v) is 4.01. The van der Waals surface area contributed by atoms with Gasteiger partial charge in [-0.05, 0) is 49.6 Å². The molecule has 132 valence electrons. The van der Waals surface area contributed by atoms with Crippen molar-refractivity contribution >= 4 is 11.8 Å². The van der Waals surface area contributed by atoms with E-state index in [1.54, 1.807) is 42.5 Å². The zero-order valence-corrected chi connectivity index (χ0v) is 14.5. The van der Waals surface area contributed by atoms with E-state index in [0.29, 0.717) is 29.7 Å². The van der Waals surface area contributed by atoms with E-state index >= 15 is 0 Å². The Bertz CT molecular complexity index is 746. The Morgan fingerprint density at radius 1 is 1.04 bits per heavy atom. The van der Waals surface area contributed by atoms with Crippen molar-refractivity contribution in [2.75, 3.05) is 6.54 Å². The van der Waals surface area contributed by atoms with Crippen molar-refractivity contribution in [3.05, 3.63) is 71.0 Å². The monoisotopic (exact) mass is 342 g/mol. The second-order valence-electron chi connectivity index (χ2n) is 5.96. The van der Waals surface area contributed by atoms with Crippen molar-refractivity contribution in [2.45, 2.75) is 32.7 Å². The molecule has 0 saturated carbocycles. The third-order valence-electron chi connectivity index (χ3n) is 4.01. The molecular weight excluding hydrogens is 319 g/mol. The Hall–Kier alpha value is -2.69. The molecule has 2 amide bonds. The van der Waals surface area contributed by atoms with E-state index in [2.05, 4.69) is 10.6 Å². The molecule has 2 aromatic carbocycles. The minimum atomic E-state index is -0.283. The highest BCUT2D eigenvalue weighted by Gasteiger charge is 2.12. The first kappa shape index (κ1) is 18.6. The molecule has 0 aliphatic heterocycles. The Labute approximate surface area is 147 Å². The van der Waals surface area contributed by atoms with Gasteiger partial charge in [0.05, 0.1) is 0 Å². The van der Waals surface area contributed by atoms with Gasteiger partial charge < -0.3 is 10.6 Å². The smallest absolute Gasteiger partial charge is 0.251 e. The molecule has 1 unspecified atom stereocenters. The fourth-order valence-corrected chi connectivity index (χ4v) is 2.32. The van der Waals surface area contributed by atoms with Gasteiger partial charge in [0.15, 0.2) is 0 Å². The minimum Gasteiger partial charge on any atom is -0.352 e. The zero-order chi connectivity index (χ0) is 18.2. The Morgan fingerprint density at radius 2 is 1.72 bits per heavy atom. The van der Waals surface area contributed by atoms with Crippen LogP contribution in [0.25, 0.3) is 0 Å². The Balaban J connectivity index is 1.94. The molecule has 0 radical (unpaired) electrons. The van der Waals surface area contributed by atoms with Gasteiger partial charge in [-0.2, -0.15) is 0 Å². The van der Waals surface area contributed by atoms with E-state index in [-0.39, 0.29) is 23.7 Å². The maximum Gasteiger partial charge on any atom is 0.251 e. The van der Waals surface area contributed by atoms with Crippen molar-refractivity contribution in [2.24, 2.45) is 0 Å². The number of amides is 2. The first-order valence-corrected chi connectivity index (χ1v) is 8.43. The van der Waals surface area contributed by atoms with Crippen LogP contribution in [-0.4, -0.2) is 24.4 Å². The van der Waals surface area contributed by atoms with E-state index in [4.69, 9.17) is 0 Å². The van der Waals surface area contributed by atoms with E-state index in [9.17, 15) is 14.0 Å². The molecule has 4 nitrogen and oxygen atoms in total. The van der Waals surface area contributed by atoms with Crippen LogP contribution in [0.2, 0.25) is 0 Å². The summed E-state index contributed by atoms with van der Waals surface area (Å²) in [6.45, 7) is 4.24. The molecule has 2 rings (SSSR count). The largest absolute Gasteiger partial charge is 0.352 e. The molecule has 5 heteroatoms. The highest BCUT2D eigenvalue weighted by atomic mass is 19.1. The van der Waals surface area contributed by atoms with Crippen LogP contribution in [0.1, 0.15) is 46.5 Å². The molecule has 0 saturated heterocycles. The van der Waals surface area contributed by atoms with Gasteiger partial charge in [0.2, 0.25) is 0 Å². The first-order chi connectivity index (χ1) is 12.0. The average Bonchev–Trinajstić information content (AvgIpc) is 2.63. The van der Waals surface area contributed by atoms with Crippen molar-refractivity contribution in [1.82, 2.24) is 10.6 Å². The molecule has 1 atom stereocenters. The summed E-state index contributed by atoms with van der Waals surface area (Å²) in [6.07, 6.45) is 1.24. The van der Waals surface area contributed by atoms with Crippen molar-refractivity contribution in [3.8, 4) is 0 Å². The summed E-state index contributed by atoms with van der Waals surface area (Å²) in [7, 11) is 0. The fraction of sp³-hybridized carbons (Fsp3) is 0.300. The summed E-state index contributed by atoms with van der Waals surface area (Å²) in [5.74, 6) is -0.759. The van der Waals surface area contributed by atoms with Gasteiger partial charge in [-0.1, -0.05) is 31.2 Å². The molecule has 0 aliphatic rings. The third kappa shape index (κ3) is 5.41. The van der Waals surface area contributed by atoms with Crippen molar-refractivity contribution in [3.63, 3.8) is 0 Å². The topological polar surface area (TPSA) is 58.2 Å². The molecule has 2 aromatic rings. The number of benzene rings is 2. The van der Waals surface area contributed by atoms with Crippen LogP contribution in [-0.2, 0) is 6.42 Å². The number of nitrogens with one attached hydrogen (secondary N) is 2. The van der Waals surface area contributed by atoms with Gasteiger partial charge >= 0.3 is 0 Å². The summed E-state index contributed by atoms with van der Waals surface area (Å²) in [6, 6.07) is 13.1. The summed E-state index contributed by atoms with van der Waals surface area (Å²) in [5, 5.41) is 5.63. The van der Waals surface area contributed by atoms with Gasteiger partial charge in [-0.25, -0.2) is 4.39 Å². The normalized spacial score (nSPS) is 11.6. The standard InChI is InChI=1S/C20H23FN2O2/c1-3-14(2)23-20(25)17-9-6-8-16(13-17)19(24)22-12-11-15-7-4-5-10-18(15)21/h4-10,13-14H,3,11-12H2,1-2H3,(H,22,24)(H,23,25). The lowest BCUT2D eigenvalue weighted by atomic mass is 10.1. The highest BCUT2D eigenvalue weighted by Crippen LogP contribution is 2.08. The van der Waals surface area contributed by atoms with E-state index in [0.717, 1.165) is 6.42 Å². The lowest BCUT2D eigenvalue weighted by Crippen LogP contribution is -2.32. The molecule has 0 bridgehead atoms. The molecule has 2 N–H and O–H groups in total. The van der Waals surface area contributed by atoms with Gasteiger partial charge in [0.1, 0.15) is 5.82 Å². The van der Waals surface area contributed by atoms with Crippen molar-refractivity contribution < 1.29 is 14.0 Å². The minimum absolute atomic E-state index is 0.0748. The summed E-state index contributed by atoms with van der Waals surface area (Å²) >= 11 is 0. The van der Waals surface area contributed by atoms with Crippen LogP contribution < -0.4 is 10.6 Å². The number of halogens is 1. The number of hydrogen-bond acceptors (Lipinski definition) is 2. The number of carbonyl (C=O) groups excluding carboxylic acids is 2. The Kier molecular flexibility index (Phi) is 6.69. The molecule has 0 aromatic heterocycles. The first-order valence-electron chi connectivity index (χ1n) is 8.43. The van der Waals surface area contributed by atoms with Crippen LogP contribution in [0.4, 0.5) is 4.39 Å². The van der Waals surface area contributed by atoms with E-state index in [1.165, 1.54) is 6.07 Å². The predicted molar refractivity (Wildman–Crippen MR) is 96.1 cm³/mol. The summed E-state index contributed by atoms with van der Waals surface area (Å²) in [4.78, 5) is 24.4. The lowest BCUT2D eigenvalue weighted by Gasteiger charge is -2.12. The zero-order valence-electron chi connectivity index (χ0n) is 14.5. The molecular formula is C20H23FN2O2. The second kappa shape index (κ2) is 8.97.